The number of sulfonamides is 1. The van der Waals surface area contributed by atoms with Gasteiger partial charge >= 0.3 is 6.18 Å². The van der Waals surface area contributed by atoms with Gasteiger partial charge < -0.3 is 5.32 Å². The van der Waals surface area contributed by atoms with Crippen LogP contribution >= 0.6 is 11.3 Å². The molecule has 0 saturated carbocycles. The highest BCUT2D eigenvalue weighted by Crippen LogP contribution is 2.32. The van der Waals surface area contributed by atoms with E-state index < -0.39 is 33.6 Å². The minimum atomic E-state index is -4.62. The lowest BCUT2D eigenvalue weighted by atomic mass is 10.1. The fraction of sp³-hybridized carbons (Fsp3) is 0.130. The van der Waals surface area contributed by atoms with Crippen LogP contribution in [0.25, 0.3) is 17.3 Å². The number of nitrogens with one attached hydrogen (secondary N) is 2. The average molecular weight is 524 g/mol. The van der Waals surface area contributed by atoms with E-state index in [0.717, 1.165) is 24.5 Å². The summed E-state index contributed by atoms with van der Waals surface area (Å²) in [5.74, 6) is 0.665. The Morgan fingerprint density at radius 1 is 1.26 bits per heavy atom. The lowest BCUT2D eigenvalue weighted by Gasteiger charge is -2.11. The topological polar surface area (TPSA) is 88.2 Å². The Balaban J connectivity index is 1.77. The Bertz CT molecular complexity index is 1430. The minimum Gasteiger partial charge on any atom is -0.348 e. The van der Waals surface area contributed by atoms with Crippen LogP contribution in [0, 0.1) is 18.2 Å². The number of rotatable bonds is 7. The molecule has 1 aromatic carbocycles. The van der Waals surface area contributed by atoms with Crippen LogP contribution in [-0.2, 0) is 27.5 Å². The van der Waals surface area contributed by atoms with Crippen molar-refractivity contribution in [2.24, 2.45) is 0 Å². The number of terminal acetylenes is 1. The van der Waals surface area contributed by atoms with Gasteiger partial charge in [-0.3, -0.25) is 9.52 Å². The van der Waals surface area contributed by atoms with Gasteiger partial charge in [-0.15, -0.1) is 6.42 Å². The third-order valence-corrected chi connectivity index (χ3v) is 5.74. The number of pyridine rings is 1. The van der Waals surface area contributed by atoms with Gasteiger partial charge in [-0.1, -0.05) is 12.0 Å². The summed E-state index contributed by atoms with van der Waals surface area (Å²) in [6.45, 7) is -0.142. The van der Waals surface area contributed by atoms with Crippen molar-refractivity contribution < 1.29 is 30.8 Å². The Labute approximate surface area is 202 Å². The second-order valence-corrected chi connectivity index (χ2v) is 9.74. The monoisotopic (exact) mass is 523 g/mol. The van der Waals surface area contributed by atoms with Crippen LogP contribution in [-0.4, -0.2) is 25.6 Å². The van der Waals surface area contributed by atoms with Crippen LogP contribution in [0.1, 0.15) is 22.4 Å². The Kier molecular flexibility index (Phi) is 7.62. The number of hydrogen-bond acceptors (Lipinski definition) is 5. The van der Waals surface area contributed by atoms with E-state index in [1.165, 1.54) is 29.5 Å². The van der Waals surface area contributed by atoms with Crippen molar-refractivity contribution in [3.05, 3.63) is 75.4 Å². The van der Waals surface area contributed by atoms with Gasteiger partial charge in [-0.05, 0) is 41.3 Å². The number of carbonyl (C=O) groups is 1. The normalized spacial score (nSPS) is 11.9. The van der Waals surface area contributed by atoms with Crippen molar-refractivity contribution >= 4 is 39.0 Å². The number of hydrogen-bond donors (Lipinski definition) is 2. The maximum atomic E-state index is 14.4. The summed E-state index contributed by atoms with van der Waals surface area (Å²) in [5, 5.41) is 5.84. The first kappa shape index (κ1) is 25.9. The first-order valence-electron chi connectivity index (χ1n) is 9.71. The highest BCUT2D eigenvalue weighted by molar-refractivity contribution is 7.92. The van der Waals surface area contributed by atoms with Gasteiger partial charge in [0, 0.05) is 29.1 Å². The van der Waals surface area contributed by atoms with E-state index in [9.17, 15) is 30.8 Å². The average Bonchev–Trinajstić information content (AvgIpc) is 3.31. The zero-order valence-corrected chi connectivity index (χ0v) is 19.6. The maximum absolute atomic E-state index is 14.4. The number of nitrogens with zero attached hydrogens (tertiary/aromatic N) is 1. The number of thiophene rings is 1. The molecule has 0 fully saturated rings. The van der Waals surface area contributed by atoms with Gasteiger partial charge in [0.2, 0.25) is 15.9 Å². The first-order chi connectivity index (χ1) is 16.4. The highest BCUT2D eigenvalue weighted by atomic mass is 32.2. The molecule has 3 rings (SSSR count). The summed E-state index contributed by atoms with van der Waals surface area (Å²) in [4.78, 5) is 16.0. The Morgan fingerprint density at radius 3 is 2.60 bits per heavy atom. The van der Waals surface area contributed by atoms with Gasteiger partial charge in [0.1, 0.15) is 11.5 Å². The first-order valence-corrected chi connectivity index (χ1v) is 12.5. The molecule has 0 aliphatic heterocycles. The molecule has 0 bridgehead atoms. The van der Waals surface area contributed by atoms with Crippen LogP contribution in [0.5, 0.6) is 0 Å². The van der Waals surface area contributed by atoms with Gasteiger partial charge in [-0.2, -0.15) is 24.5 Å². The molecule has 0 radical (unpaired) electrons. The van der Waals surface area contributed by atoms with Crippen LogP contribution in [0.4, 0.5) is 23.2 Å². The molecular formula is C23H17F4N3O3S2. The number of anilines is 1. The molecule has 2 N–H and O–H groups in total. The summed E-state index contributed by atoms with van der Waals surface area (Å²) >= 11 is 1.29. The van der Waals surface area contributed by atoms with E-state index in [1.54, 1.807) is 16.8 Å². The van der Waals surface area contributed by atoms with Crippen molar-refractivity contribution in [1.29, 1.82) is 0 Å². The van der Waals surface area contributed by atoms with E-state index in [-0.39, 0.29) is 29.1 Å². The quantitative estimate of drug-likeness (QED) is 0.268. The van der Waals surface area contributed by atoms with Crippen molar-refractivity contribution in [2.75, 3.05) is 11.0 Å². The number of alkyl halides is 3. The number of halogens is 4. The fourth-order valence-electron chi connectivity index (χ4n) is 2.97. The molecule has 0 saturated heterocycles. The van der Waals surface area contributed by atoms with E-state index >= 15 is 0 Å². The van der Waals surface area contributed by atoms with Crippen LogP contribution in [0.2, 0.25) is 0 Å². The van der Waals surface area contributed by atoms with Gasteiger partial charge in [0.15, 0.2) is 0 Å². The summed E-state index contributed by atoms with van der Waals surface area (Å²) in [6.07, 6.45) is 4.00. The summed E-state index contributed by atoms with van der Waals surface area (Å²) in [7, 11) is -3.77. The third-order valence-electron chi connectivity index (χ3n) is 4.49. The van der Waals surface area contributed by atoms with Crippen molar-refractivity contribution in [3.63, 3.8) is 0 Å². The number of amides is 1. The molecule has 12 heteroatoms. The van der Waals surface area contributed by atoms with Crippen molar-refractivity contribution in [1.82, 2.24) is 10.3 Å². The predicted molar refractivity (Wildman–Crippen MR) is 126 cm³/mol. The molecule has 35 heavy (non-hydrogen) atoms. The summed E-state index contributed by atoms with van der Waals surface area (Å²) in [5.41, 5.74) is -0.372. The van der Waals surface area contributed by atoms with Crippen LogP contribution in [0.3, 0.4) is 0 Å². The van der Waals surface area contributed by atoms with Crippen LogP contribution < -0.4 is 10.0 Å². The smallest absolute Gasteiger partial charge is 0.348 e. The molecule has 0 spiro atoms. The molecule has 2 aromatic heterocycles. The van der Waals surface area contributed by atoms with E-state index in [2.05, 4.69) is 16.2 Å². The van der Waals surface area contributed by atoms with E-state index in [0.29, 0.717) is 11.1 Å². The molecular weight excluding hydrogens is 506 g/mol. The van der Waals surface area contributed by atoms with Crippen molar-refractivity contribution in [3.8, 4) is 23.6 Å². The molecule has 3 aromatic rings. The zero-order chi connectivity index (χ0) is 25.8. The van der Waals surface area contributed by atoms with Crippen LogP contribution in [0.15, 0.2) is 47.2 Å². The summed E-state index contributed by atoms with van der Waals surface area (Å²) in [6, 6.07) is 6.02. The van der Waals surface area contributed by atoms with Gasteiger partial charge in [0.05, 0.1) is 23.2 Å². The molecule has 182 valence electrons. The SMILES string of the molecule is C#Cc1cc(CNC(=O)C=Cc2ccc(C(F)(F)F)nc2-c2ccsc2)cc(F)c1NS(C)(=O)=O. The number of benzene rings is 1. The molecule has 0 aliphatic carbocycles. The second-order valence-electron chi connectivity index (χ2n) is 7.21. The lowest BCUT2D eigenvalue weighted by Crippen LogP contribution is -2.21. The van der Waals surface area contributed by atoms with Gasteiger partial charge in [-0.25, -0.2) is 17.8 Å². The van der Waals surface area contributed by atoms with Crippen molar-refractivity contribution in [2.45, 2.75) is 12.7 Å². The molecule has 0 aliphatic rings. The fourth-order valence-corrected chi connectivity index (χ4v) is 4.19. The molecule has 0 unspecified atom stereocenters. The Hall–Kier alpha value is -3.69. The number of aromatic nitrogens is 1. The minimum absolute atomic E-state index is 0.0496. The molecule has 2 heterocycles. The number of carbonyl (C=O) groups excluding carboxylic acids is 1. The Morgan fingerprint density at radius 2 is 2.00 bits per heavy atom. The molecule has 6 nitrogen and oxygen atoms in total. The van der Waals surface area contributed by atoms with E-state index in [4.69, 9.17) is 6.42 Å². The standard InChI is InChI=1S/C23H17F4N3O3S2/c1-3-15-10-14(11-18(24)22(15)30-35(2,32)33)12-28-20(31)7-5-16-4-6-19(23(25,26)27)29-21(16)17-8-9-34-13-17/h1,4-11,13,30H,12H2,2H3,(H,28,31). The third kappa shape index (κ3) is 6.91. The maximum Gasteiger partial charge on any atom is 0.433 e. The molecule has 1 amide bonds. The van der Waals surface area contributed by atoms with E-state index in [1.807, 2.05) is 4.72 Å². The summed E-state index contributed by atoms with van der Waals surface area (Å²) < 4.78 is 78.5. The lowest BCUT2D eigenvalue weighted by molar-refractivity contribution is -0.141. The second kappa shape index (κ2) is 10.3. The molecule has 0 atom stereocenters. The zero-order valence-electron chi connectivity index (χ0n) is 18.0. The van der Waals surface area contributed by atoms with Gasteiger partial charge in [0.25, 0.3) is 0 Å². The predicted octanol–water partition coefficient (Wildman–Crippen LogP) is 4.65. The highest BCUT2D eigenvalue weighted by Gasteiger charge is 2.33. The largest absolute Gasteiger partial charge is 0.433 e.